The van der Waals surface area contributed by atoms with E-state index in [1.807, 2.05) is 36.4 Å². The Hall–Kier alpha value is -1.88. The zero-order valence-electron chi connectivity index (χ0n) is 12.3. The minimum atomic E-state index is -0.148. The Balaban J connectivity index is 1.75. The fourth-order valence-corrected chi connectivity index (χ4v) is 2.71. The van der Waals surface area contributed by atoms with Crippen molar-refractivity contribution in [3.05, 3.63) is 82.4 Å². The van der Waals surface area contributed by atoms with E-state index in [-0.39, 0.29) is 6.10 Å². The zero-order chi connectivity index (χ0) is 16.1. The van der Waals surface area contributed by atoms with Crippen LogP contribution in [0.2, 0.25) is 10.0 Å². The average Bonchev–Trinajstić information content (AvgIpc) is 3.07. The molecule has 6 heteroatoms. The molecule has 0 spiro atoms. The summed E-state index contributed by atoms with van der Waals surface area (Å²) in [4.78, 5) is 3.97. The van der Waals surface area contributed by atoms with Crippen LogP contribution in [0.25, 0.3) is 0 Å². The van der Waals surface area contributed by atoms with Gasteiger partial charge in [0.1, 0.15) is 18.8 Å². The van der Waals surface area contributed by atoms with Crippen molar-refractivity contribution in [3.63, 3.8) is 0 Å². The number of nitrogens with zero attached hydrogens (tertiary/aromatic N) is 3. The predicted molar refractivity (Wildman–Crippen MR) is 90.5 cm³/mol. The molecule has 118 valence electrons. The summed E-state index contributed by atoms with van der Waals surface area (Å²) in [5.41, 5.74) is 1.98. The van der Waals surface area contributed by atoms with Crippen LogP contribution in [0.15, 0.2) is 61.2 Å². The van der Waals surface area contributed by atoms with Gasteiger partial charge in [0.2, 0.25) is 0 Å². The zero-order valence-corrected chi connectivity index (χ0v) is 13.8. The van der Waals surface area contributed by atoms with Crippen LogP contribution in [-0.2, 0) is 17.9 Å². The second-order valence-electron chi connectivity index (χ2n) is 5.06. The maximum absolute atomic E-state index is 6.21. The van der Waals surface area contributed by atoms with Gasteiger partial charge in [-0.25, -0.2) is 4.98 Å². The molecule has 1 heterocycles. The quantitative estimate of drug-likeness (QED) is 0.656. The Labute approximate surface area is 144 Å². The third kappa shape index (κ3) is 4.32. The first-order valence-electron chi connectivity index (χ1n) is 7.15. The lowest BCUT2D eigenvalue weighted by Gasteiger charge is -2.19. The first kappa shape index (κ1) is 16.0. The molecule has 3 aromatic rings. The molecule has 0 saturated carbocycles. The van der Waals surface area contributed by atoms with E-state index in [1.165, 1.54) is 6.33 Å². The normalized spacial score (nSPS) is 12.3. The minimum absolute atomic E-state index is 0.148. The largest absolute Gasteiger partial charge is 0.367 e. The van der Waals surface area contributed by atoms with Crippen LogP contribution in [0.3, 0.4) is 0 Å². The Kier molecular flexibility index (Phi) is 5.28. The SMILES string of the molecule is Clc1ccc(CO[C@@H](Cn2cncn2)c2ccccc2)c(Cl)c1. The van der Waals surface area contributed by atoms with Crippen LogP contribution in [0.1, 0.15) is 17.2 Å². The molecule has 0 amide bonds. The van der Waals surface area contributed by atoms with Crippen molar-refractivity contribution < 1.29 is 4.74 Å². The van der Waals surface area contributed by atoms with E-state index in [0.29, 0.717) is 23.2 Å². The first-order valence-corrected chi connectivity index (χ1v) is 7.91. The van der Waals surface area contributed by atoms with Gasteiger partial charge in [-0.15, -0.1) is 0 Å². The second kappa shape index (κ2) is 7.59. The molecule has 1 atom stereocenters. The summed E-state index contributed by atoms with van der Waals surface area (Å²) in [6.07, 6.45) is 3.04. The number of rotatable bonds is 6. The lowest BCUT2D eigenvalue weighted by molar-refractivity contribution is 0.0257. The molecule has 0 fully saturated rings. The highest BCUT2D eigenvalue weighted by atomic mass is 35.5. The number of ether oxygens (including phenoxy) is 1. The van der Waals surface area contributed by atoms with Gasteiger partial charge < -0.3 is 4.74 Å². The summed E-state index contributed by atoms with van der Waals surface area (Å²) in [7, 11) is 0. The Bertz CT molecular complexity index is 748. The molecular weight excluding hydrogens is 333 g/mol. The van der Waals surface area contributed by atoms with Crippen molar-refractivity contribution in [2.45, 2.75) is 19.3 Å². The molecular formula is C17H15Cl2N3O. The van der Waals surface area contributed by atoms with E-state index in [4.69, 9.17) is 27.9 Å². The highest BCUT2D eigenvalue weighted by Gasteiger charge is 2.14. The van der Waals surface area contributed by atoms with E-state index >= 15 is 0 Å². The van der Waals surface area contributed by atoms with Crippen molar-refractivity contribution in [2.24, 2.45) is 0 Å². The summed E-state index contributed by atoms with van der Waals surface area (Å²) < 4.78 is 7.84. The molecule has 0 radical (unpaired) electrons. The first-order chi connectivity index (χ1) is 11.2. The molecule has 0 unspecified atom stereocenters. The maximum Gasteiger partial charge on any atom is 0.137 e. The van der Waals surface area contributed by atoms with Gasteiger partial charge in [0.25, 0.3) is 0 Å². The Morgan fingerprint density at radius 3 is 2.61 bits per heavy atom. The third-order valence-corrected chi connectivity index (χ3v) is 4.03. The molecule has 0 aliphatic rings. The van der Waals surface area contributed by atoms with Crippen molar-refractivity contribution >= 4 is 23.2 Å². The summed E-state index contributed by atoms with van der Waals surface area (Å²) in [5.74, 6) is 0. The predicted octanol–water partition coefficient (Wildman–Crippen LogP) is 4.54. The molecule has 3 rings (SSSR count). The smallest absolute Gasteiger partial charge is 0.137 e. The van der Waals surface area contributed by atoms with E-state index in [2.05, 4.69) is 10.1 Å². The molecule has 0 aliphatic carbocycles. The number of benzene rings is 2. The van der Waals surface area contributed by atoms with Crippen molar-refractivity contribution in [1.29, 1.82) is 0 Å². The van der Waals surface area contributed by atoms with Crippen LogP contribution >= 0.6 is 23.2 Å². The van der Waals surface area contributed by atoms with E-state index in [0.717, 1.165) is 11.1 Å². The van der Waals surface area contributed by atoms with Crippen LogP contribution in [-0.4, -0.2) is 14.8 Å². The molecule has 0 bridgehead atoms. The number of hydrogen-bond acceptors (Lipinski definition) is 3. The Morgan fingerprint density at radius 1 is 1.09 bits per heavy atom. The van der Waals surface area contributed by atoms with Gasteiger partial charge in [0, 0.05) is 10.0 Å². The summed E-state index contributed by atoms with van der Waals surface area (Å²) in [5, 5.41) is 5.36. The second-order valence-corrected chi connectivity index (χ2v) is 5.91. The van der Waals surface area contributed by atoms with Gasteiger partial charge in [0.15, 0.2) is 0 Å². The monoisotopic (exact) mass is 347 g/mol. The van der Waals surface area contributed by atoms with Gasteiger partial charge >= 0.3 is 0 Å². The molecule has 0 aliphatic heterocycles. The third-order valence-electron chi connectivity index (χ3n) is 3.45. The molecule has 0 N–H and O–H groups in total. The van der Waals surface area contributed by atoms with Crippen molar-refractivity contribution in [1.82, 2.24) is 14.8 Å². The van der Waals surface area contributed by atoms with Crippen molar-refractivity contribution in [3.8, 4) is 0 Å². The molecule has 1 aromatic heterocycles. The maximum atomic E-state index is 6.21. The summed E-state index contributed by atoms with van der Waals surface area (Å²) in [6, 6.07) is 15.4. The number of halogens is 2. The summed E-state index contributed by atoms with van der Waals surface area (Å²) in [6.45, 7) is 0.972. The lowest BCUT2D eigenvalue weighted by atomic mass is 10.1. The molecule has 4 nitrogen and oxygen atoms in total. The van der Waals surface area contributed by atoms with E-state index < -0.39 is 0 Å². The van der Waals surface area contributed by atoms with Crippen LogP contribution in [0, 0.1) is 0 Å². The highest BCUT2D eigenvalue weighted by Crippen LogP contribution is 2.25. The van der Waals surface area contributed by atoms with Crippen LogP contribution in [0.4, 0.5) is 0 Å². The van der Waals surface area contributed by atoms with E-state index in [9.17, 15) is 0 Å². The average molecular weight is 348 g/mol. The van der Waals surface area contributed by atoms with Crippen LogP contribution in [0.5, 0.6) is 0 Å². The molecule has 0 saturated heterocycles. The highest BCUT2D eigenvalue weighted by molar-refractivity contribution is 6.35. The van der Waals surface area contributed by atoms with Gasteiger partial charge in [-0.05, 0) is 23.3 Å². The lowest BCUT2D eigenvalue weighted by Crippen LogP contribution is -2.13. The van der Waals surface area contributed by atoms with Gasteiger partial charge in [-0.2, -0.15) is 5.10 Å². The molecule has 23 heavy (non-hydrogen) atoms. The fourth-order valence-electron chi connectivity index (χ4n) is 2.25. The Morgan fingerprint density at radius 2 is 1.91 bits per heavy atom. The van der Waals surface area contributed by atoms with Gasteiger partial charge in [-0.3, -0.25) is 4.68 Å². The number of hydrogen-bond donors (Lipinski definition) is 0. The standard InChI is InChI=1S/C17H15Cl2N3O/c18-15-7-6-14(16(19)8-15)10-23-17(9-22-12-20-11-21-22)13-4-2-1-3-5-13/h1-8,11-12,17H,9-10H2/t17-/m0/s1. The van der Waals surface area contributed by atoms with E-state index in [1.54, 1.807) is 23.1 Å². The molecule has 2 aromatic carbocycles. The van der Waals surface area contributed by atoms with Crippen molar-refractivity contribution in [2.75, 3.05) is 0 Å². The van der Waals surface area contributed by atoms with Gasteiger partial charge in [-0.1, -0.05) is 59.6 Å². The van der Waals surface area contributed by atoms with Gasteiger partial charge in [0.05, 0.1) is 13.2 Å². The minimum Gasteiger partial charge on any atom is -0.367 e. The summed E-state index contributed by atoms with van der Waals surface area (Å²) >= 11 is 12.1. The topological polar surface area (TPSA) is 39.9 Å². The van der Waals surface area contributed by atoms with Crippen LogP contribution < -0.4 is 0 Å². The fraction of sp³-hybridized carbons (Fsp3) is 0.176. The number of aromatic nitrogens is 3.